The molecular weight excluding hydrogens is 326 g/mol. The third-order valence-corrected chi connectivity index (χ3v) is 4.63. The summed E-state index contributed by atoms with van der Waals surface area (Å²) >= 11 is 0. The lowest BCUT2D eigenvalue weighted by Gasteiger charge is -2.14. The zero-order valence-electron chi connectivity index (χ0n) is 14.6. The van der Waals surface area contributed by atoms with Crippen molar-refractivity contribution in [3.63, 3.8) is 0 Å². The van der Waals surface area contributed by atoms with E-state index >= 15 is 0 Å². The molecule has 1 aromatic heterocycles. The smallest absolute Gasteiger partial charge is 0.261 e. The van der Waals surface area contributed by atoms with Gasteiger partial charge in [0.05, 0.1) is 23.4 Å². The minimum atomic E-state index is -0.212. The Morgan fingerprint density at radius 1 is 0.885 bits per heavy atom. The number of hydrogen-bond acceptors (Lipinski definition) is 3. The quantitative estimate of drug-likeness (QED) is 0.668. The van der Waals surface area contributed by atoms with Crippen LogP contribution in [0.1, 0.15) is 37.7 Å². The molecule has 0 fully saturated rings. The van der Waals surface area contributed by atoms with Gasteiger partial charge in [-0.15, -0.1) is 0 Å². The van der Waals surface area contributed by atoms with Gasteiger partial charge in [0.25, 0.3) is 11.8 Å². The average molecular weight is 345 g/mol. The first-order valence-electron chi connectivity index (χ1n) is 8.66. The molecule has 5 nitrogen and oxygen atoms in total. The van der Waals surface area contributed by atoms with Gasteiger partial charge in [0.15, 0.2) is 0 Å². The van der Waals surface area contributed by atoms with Gasteiger partial charge in [0.2, 0.25) is 0 Å². The van der Waals surface area contributed by atoms with Gasteiger partial charge in [0, 0.05) is 18.7 Å². The average Bonchev–Trinajstić information content (AvgIpc) is 3.12. The normalized spacial score (nSPS) is 13.3. The first-order valence-corrected chi connectivity index (χ1v) is 8.66. The summed E-state index contributed by atoms with van der Waals surface area (Å²) in [5.41, 5.74) is 4.09. The van der Waals surface area contributed by atoms with E-state index in [9.17, 15) is 9.59 Å². The van der Waals surface area contributed by atoms with Crippen LogP contribution in [0.2, 0.25) is 0 Å². The highest BCUT2D eigenvalue weighted by Gasteiger charge is 2.34. The number of carbonyl (C=O) groups is 2. The predicted octanol–water partition coefficient (Wildman–Crippen LogP) is 3.08. The lowest BCUT2D eigenvalue weighted by molar-refractivity contribution is 0.0655. The third-order valence-electron chi connectivity index (χ3n) is 4.63. The van der Waals surface area contributed by atoms with Crippen LogP contribution in [0.4, 0.5) is 0 Å². The molecule has 1 aliphatic heterocycles. The van der Waals surface area contributed by atoms with Crippen molar-refractivity contribution in [1.29, 1.82) is 0 Å². The summed E-state index contributed by atoms with van der Waals surface area (Å²) in [6, 6.07) is 19.1. The van der Waals surface area contributed by atoms with E-state index in [0.717, 1.165) is 17.0 Å². The maximum atomic E-state index is 12.5. The maximum absolute atomic E-state index is 12.5. The van der Waals surface area contributed by atoms with Crippen molar-refractivity contribution in [3.8, 4) is 0 Å². The summed E-state index contributed by atoms with van der Waals surface area (Å²) in [6.45, 7) is 2.98. The summed E-state index contributed by atoms with van der Waals surface area (Å²) in [6.07, 6.45) is 0.582. The fraction of sp³-hybridized carbons (Fsp3) is 0.190. The van der Waals surface area contributed by atoms with Crippen LogP contribution in [0.15, 0.2) is 60.7 Å². The topological polar surface area (TPSA) is 55.2 Å². The van der Waals surface area contributed by atoms with Gasteiger partial charge in [-0.3, -0.25) is 19.2 Å². The highest BCUT2D eigenvalue weighted by molar-refractivity contribution is 6.21. The molecule has 0 spiro atoms. The Bertz CT molecular complexity index is 941. The molecule has 3 aromatic rings. The van der Waals surface area contributed by atoms with E-state index in [-0.39, 0.29) is 11.8 Å². The molecule has 26 heavy (non-hydrogen) atoms. The Morgan fingerprint density at radius 3 is 2.15 bits per heavy atom. The van der Waals surface area contributed by atoms with Crippen molar-refractivity contribution in [1.82, 2.24) is 14.7 Å². The number of nitrogens with zero attached hydrogens (tertiary/aromatic N) is 3. The molecule has 0 atom stereocenters. The Morgan fingerprint density at radius 2 is 1.50 bits per heavy atom. The van der Waals surface area contributed by atoms with Gasteiger partial charge in [0.1, 0.15) is 0 Å². The van der Waals surface area contributed by atoms with Gasteiger partial charge in [-0.2, -0.15) is 5.10 Å². The standard InChI is InChI=1S/C21H19N3O2/c1-15-13-17(24(22-15)14-16-7-3-2-4-8-16)11-12-23-20(25)18-9-5-6-10-19(18)21(23)26/h2-10,13H,11-12,14H2,1H3. The summed E-state index contributed by atoms with van der Waals surface area (Å²) < 4.78 is 1.95. The van der Waals surface area contributed by atoms with Gasteiger partial charge in [-0.05, 0) is 30.7 Å². The summed E-state index contributed by atoms with van der Waals surface area (Å²) in [7, 11) is 0. The first-order chi connectivity index (χ1) is 12.6. The highest BCUT2D eigenvalue weighted by Crippen LogP contribution is 2.22. The van der Waals surface area contributed by atoms with Crippen LogP contribution >= 0.6 is 0 Å². The van der Waals surface area contributed by atoms with Crippen LogP contribution in [0.5, 0.6) is 0 Å². The number of fused-ring (bicyclic) bond motifs is 1. The van der Waals surface area contributed by atoms with Crippen molar-refractivity contribution >= 4 is 11.8 Å². The summed E-state index contributed by atoms with van der Waals surface area (Å²) in [4.78, 5) is 26.3. The minimum absolute atomic E-state index is 0.212. The second kappa shape index (κ2) is 6.59. The van der Waals surface area contributed by atoms with Crippen molar-refractivity contribution in [2.75, 3.05) is 6.54 Å². The molecule has 5 heteroatoms. The molecule has 0 saturated heterocycles. The van der Waals surface area contributed by atoms with Gasteiger partial charge in [-0.1, -0.05) is 42.5 Å². The minimum Gasteiger partial charge on any atom is -0.274 e. The molecule has 0 N–H and O–H groups in total. The number of hydrogen-bond donors (Lipinski definition) is 0. The van der Waals surface area contributed by atoms with E-state index in [1.165, 1.54) is 4.90 Å². The Kier molecular flexibility index (Phi) is 4.13. The molecule has 2 heterocycles. The predicted molar refractivity (Wildman–Crippen MR) is 98.0 cm³/mol. The second-order valence-corrected chi connectivity index (χ2v) is 6.48. The van der Waals surface area contributed by atoms with E-state index in [1.54, 1.807) is 24.3 Å². The largest absolute Gasteiger partial charge is 0.274 e. The van der Waals surface area contributed by atoms with Gasteiger partial charge in [-0.25, -0.2) is 0 Å². The van der Waals surface area contributed by atoms with Crippen LogP contribution in [0.25, 0.3) is 0 Å². The number of carbonyl (C=O) groups excluding carboxylic acids is 2. The Hall–Kier alpha value is -3.21. The molecule has 0 unspecified atom stereocenters. The van der Waals surface area contributed by atoms with Crippen LogP contribution in [0, 0.1) is 6.92 Å². The van der Waals surface area contributed by atoms with Crippen molar-refractivity contribution in [3.05, 3.63) is 88.7 Å². The lowest BCUT2D eigenvalue weighted by Crippen LogP contribution is -2.32. The summed E-state index contributed by atoms with van der Waals surface area (Å²) in [5, 5.41) is 4.56. The Balaban J connectivity index is 1.51. The molecule has 0 bridgehead atoms. The Labute approximate surface area is 151 Å². The number of benzene rings is 2. The van der Waals surface area contributed by atoms with Gasteiger partial charge >= 0.3 is 0 Å². The SMILES string of the molecule is Cc1cc(CCN2C(=O)c3ccccc3C2=O)n(Cc2ccccc2)n1. The van der Waals surface area contributed by atoms with Crippen molar-refractivity contribution in [2.45, 2.75) is 19.9 Å². The monoisotopic (exact) mass is 345 g/mol. The van der Waals surface area contributed by atoms with E-state index in [2.05, 4.69) is 17.2 Å². The van der Waals surface area contributed by atoms with Crippen LogP contribution < -0.4 is 0 Å². The fourth-order valence-electron chi connectivity index (χ4n) is 3.36. The number of imide groups is 1. The zero-order valence-corrected chi connectivity index (χ0v) is 14.6. The van der Waals surface area contributed by atoms with Crippen molar-refractivity contribution < 1.29 is 9.59 Å². The van der Waals surface area contributed by atoms with Crippen LogP contribution in [0.3, 0.4) is 0 Å². The molecule has 130 valence electrons. The van der Waals surface area contributed by atoms with E-state index < -0.39 is 0 Å². The number of aryl methyl sites for hydroxylation is 1. The zero-order chi connectivity index (χ0) is 18.1. The third kappa shape index (κ3) is 2.92. The molecule has 4 rings (SSSR count). The summed E-state index contributed by atoms with van der Waals surface area (Å²) in [5.74, 6) is -0.423. The van der Waals surface area contributed by atoms with Crippen LogP contribution in [-0.4, -0.2) is 33.0 Å². The molecule has 1 aliphatic rings. The second-order valence-electron chi connectivity index (χ2n) is 6.48. The number of amides is 2. The van der Waals surface area contributed by atoms with E-state index in [1.807, 2.05) is 35.9 Å². The van der Waals surface area contributed by atoms with Gasteiger partial charge < -0.3 is 0 Å². The highest BCUT2D eigenvalue weighted by atomic mass is 16.2. The molecule has 2 aromatic carbocycles. The first kappa shape index (κ1) is 16.3. The molecule has 0 radical (unpaired) electrons. The number of rotatable bonds is 5. The molecule has 0 aliphatic carbocycles. The fourth-order valence-corrected chi connectivity index (χ4v) is 3.36. The molecule has 0 saturated carbocycles. The van der Waals surface area contributed by atoms with E-state index in [0.29, 0.717) is 30.6 Å². The lowest BCUT2D eigenvalue weighted by atomic mass is 10.1. The van der Waals surface area contributed by atoms with Crippen LogP contribution in [-0.2, 0) is 13.0 Å². The maximum Gasteiger partial charge on any atom is 0.261 e. The molecular formula is C21H19N3O2. The van der Waals surface area contributed by atoms with E-state index in [4.69, 9.17) is 0 Å². The number of aromatic nitrogens is 2. The molecule has 2 amide bonds. The van der Waals surface area contributed by atoms with Crippen molar-refractivity contribution in [2.24, 2.45) is 0 Å².